The number of rotatable bonds is 14. The van der Waals surface area contributed by atoms with E-state index in [0.29, 0.717) is 45.8 Å². The van der Waals surface area contributed by atoms with Gasteiger partial charge < -0.3 is 37.9 Å². The van der Waals surface area contributed by atoms with Gasteiger partial charge in [0.05, 0.1) is 69.7 Å². The van der Waals surface area contributed by atoms with Gasteiger partial charge in [0.2, 0.25) is 45.0 Å². The monoisotopic (exact) mass is 1170 g/mol. The standard InChI is InChI=1S/C60H52N10O12S2/c1-75-53-13-3-37-23-51-47-27-57-55(79-35-81-57)25-39(47)15-17-65(51)31-49(37)59(53)77-33-41-29-69(63-61-41)43-5-9-45(10-6-43)83(71,72)67-19-21-68(22-20-67)84(73,74)46-11-7-44(8-12-46)70-30-42(62-64-70)34-78-60-50-32-66-18-16-40-26-56-58(82-36-80-56)28-48(40)52(66)24-38(50)4-14-54(60)76-2/h3-14,23-32H,15-22,33-36H2,1-2H3/q+2. The van der Waals surface area contributed by atoms with Gasteiger partial charge in [0.15, 0.2) is 71.5 Å². The number of pyridine rings is 2. The van der Waals surface area contributed by atoms with Crippen molar-refractivity contribution in [1.82, 2.24) is 38.6 Å². The van der Waals surface area contributed by atoms with Crippen LogP contribution in [-0.2, 0) is 59.2 Å². The van der Waals surface area contributed by atoms with E-state index < -0.39 is 20.0 Å². The molecule has 0 amide bonds. The van der Waals surface area contributed by atoms with E-state index in [0.717, 1.165) is 93.0 Å². The summed E-state index contributed by atoms with van der Waals surface area (Å²) in [6.45, 7) is 2.02. The third-order valence-corrected chi connectivity index (χ3v) is 19.9. The number of ether oxygens (including phenoxy) is 8. The zero-order chi connectivity index (χ0) is 56.8. The Balaban J connectivity index is 0.568. The molecule has 4 aromatic heterocycles. The zero-order valence-electron chi connectivity index (χ0n) is 45.4. The van der Waals surface area contributed by atoms with Crippen LogP contribution in [0.4, 0.5) is 0 Å². The molecular formula is C60H52N10O12S2+2. The van der Waals surface area contributed by atoms with Crippen molar-refractivity contribution in [3.05, 3.63) is 156 Å². The summed E-state index contributed by atoms with van der Waals surface area (Å²) in [5.41, 5.74) is 9.00. The number of piperazine rings is 1. The average molecular weight is 1170 g/mol. The molecule has 15 rings (SSSR count). The van der Waals surface area contributed by atoms with Gasteiger partial charge in [-0.1, -0.05) is 10.4 Å². The molecule has 0 N–H and O–H groups in total. The van der Waals surface area contributed by atoms with Crippen molar-refractivity contribution in [3.8, 4) is 79.9 Å². The summed E-state index contributed by atoms with van der Waals surface area (Å²) in [4.78, 5) is 0.130. The number of nitrogens with zero attached hydrogens (tertiary/aromatic N) is 10. The number of aromatic nitrogens is 8. The predicted octanol–water partition coefficient (Wildman–Crippen LogP) is 6.50. The number of hydrogen-bond donors (Lipinski definition) is 0. The van der Waals surface area contributed by atoms with E-state index >= 15 is 0 Å². The van der Waals surface area contributed by atoms with Crippen molar-refractivity contribution >= 4 is 41.6 Å². The van der Waals surface area contributed by atoms with E-state index in [1.807, 2.05) is 36.4 Å². The van der Waals surface area contributed by atoms with Crippen LogP contribution in [-0.4, -0.2) is 109 Å². The highest BCUT2D eigenvalue weighted by Crippen LogP contribution is 2.44. The van der Waals surface area contributed by atoms with Gasteiger partial charge >= 0.3 is 0 Å². The van der Waals surface area contributed by atoms with Crippen LogP contribution in [0.3, 0.4) is 0 Å². The summed E-state index contributed by atoms with van der Waals surface area (Å²) in [5, 5.41) is 21.0. The van der Waals surface area contributed by atoms with Crippen molar-refractivity contribution in [2.45, 2.75) is 48.9 Å². The highest BCUT2D eigenvalue weighted by atomic mass is 32.2. The molecule has 1 saturated heterocycles. The first-order chi connectivity index (χ1) is 40.9. The SMILES string of the molecule is COc1ccc2cc3[n+](cc2c1OCc1cn(-c2ccc(S(=O)(=O)N4CCN(S(=O)(=O)c5ccc(-n6cc(COc7c(OC)ccc8cc9[n+](cc78)CCc7cc8c(cc7-9)OCO8)nn6)cc5)CC4)cc2)nn1)CCc1cc2c(cc1-3)OCO2. The third kappa shape index (κ3) is 8.90. The maximum atomic E-state index is 13.9. The van der Waals surface area contributed by atoms with E-state index in [1.54, 1.807) is 60.2 Å². The topological polar surface area (TPSA) is 218 Å². The molecule has 10 aromatic rings. The lowest BCUT2D eigenvalue weighted by molar-refractivity contribution is -0.686. The van der Waals surface area contributed by atoms with Crippen LogP contribution in [0, 0.1) is 0 Å². The lowest BCUT2D eigenvalue weighted by Gasteiger charge is -2.33. The van der Waals surface area contributed by atoms with Crippen molar-refractivity contribution in [2.24, 2.45) is 0 Å². The smallest absolute Gasteiger partial charge is 0.243 e. The molecule has 0 atom stereocenters. The lowest BCUT2D eigenvalue weighted by Crippen LogP contribution is -2.50. The van der Waals surface area contributed by atoms with Gasteiger partial charge in [0.25, 0.3) is 0 Å². The normalized spacial score (nSPS) is 15.4. The Kier molecular flexibility index (Phi) is 12.4. The minimum Gasteiger partial charge on any atom is -0.493 e. The zero-order valence-corrected chi connectivity index (χ0v) is 47.0. The van der Waals surface area contributed by atoms with Gasteiger partial charge in [-0.05, 0) is 119 Å². The number of hydrogen-bond acceptors (Lipinski definition) is 16. The van der Waals surface area contributed by atoms with Gasteiger partial charge in [0.1, 0.15) is 24.6 Å². The number of methoxy groups -OCH3 is 2. The van der Waals surface area contributed by atoms with Gasteiger partial charge in [0, 0.05) is 51.2 Å². The number of sulfonamides is 2. The molecule has 84 heavy (non-hydrogen) atoms. The Labute approximate surface area is 481 Å². The number of aryl methyl sites for hydroxylation is 4. The van der Waals surface area contributed by atoms with Crippen LogP contribution in [0.15, 0.2) is 144 Å². The van der Waals surface area contributed by atoms with E-state index in [1.165, 1.54) is 44.0 Å². The molecule has 1 fully saturated rings. The van der Waals surface area contributed by atoms with Crippen LogP contribution in [0.2, 0.25) is 0 Å². The van der Waals surface area contributed by atoms with E-state index in [9.17, 15) is 16.8 Å². The molecule has 5 aliphatic heterocycles. The third-order valence-electron chi connectivity index (χ3n) is 16.1. The molecule has 0 spiro atoms. The molecule has 6 aromatic carbocycles. The summed E-state index contributed by atoms with van der Waals surface area (Å²) in [6, 6.07) is 33.0. The number of benzene rings is 6. The molecule has 0 radical (unpaired) electrons. The van der Waals surface area contributed by atoms with Gasteiger partial charge in [-0.2, -0.15) is 17.7 Å². The molecule has 0 aliphatic carbocycles. The van der Waals surface area contributed by atoms with Crippen molar-refractivity contribution in [2.75, 3.05) is 54.0 Å². The Bertz CT molecular complexity index is 4260. The molecule has 0 saturated carbocycles. The summed E-state index contributed by atoms with van der Waals surface area (Å²) in [7, 11) is -4.74. The molecule has 424 valence electrons. The second-order valence-corrected chi connectivity index (χ2v) is 24.7. The van der Waals surface area contributed by atoms with Crippen molar-refractivity contribution < 1.29 is 63.9 Å². The first-order valence-corrected chi connectivity index (χ1v) is 30.1. The number of fused-ring (bicyclic) bond motifs is 10. The second-order valence-electron chi connectivity index (χ2n) is 20.8. The van der Waals surface area contributed by atoms with Crippen molar-refractivity contribution in [1.29, 1.82) is 0 Å². The van der Waals surface area contributed by atoms with E-state index in [2.05, 4.69) is 66.4 Å². The lowest BCUT2D eigenvalue weighted by atomic mass is 9.95. The molecule has 0 unspecified atom stereocenters. The second kappa shape index (κ2) is 20.2. The molecule has 22 nitrogen and oxygen atoms in total. The highest BCUT2D eigenvalue weighted by Gasteiger charge is 2.35. The fraction of sp³-hybridized carbons (Fsp3) is 0.233. The van der Waals surface area contributed by atoms with Crippen LogP contribution in [0.5, 0.6) is 46.0 Å². The molecular weight excluding hydrogens is 1120 g/mol. The summed E-state index contributed by atoms with van der Waals surface area (Å²) in [6.07, 6.45) is 9.29. The minimum absolute atomic E-state index is 0.0329. The maximum Gasteiger partial charge on any atom is 0.243 e. The van der Waals surface area contributed by atoms with Crippen LogP contribution >= 0.6 is 0 Å². The maximum absolute atomic E-state index is 13.9. The Morgan fingerprint density at radius 1 is 0.512 bits per heavy atom. The van der Waals surface area contributed by atoms with E-state index in [-0.39, 0.29) is 62.8 Å². The fourth-order valence-corrected chi connectivity index (χ4v) is 14.5. The quantitative estimate of drug-likeness (QED) is 0.106. The first kappa shape index (κ1) is 51.5. The minimum atomic E-state index is -3.97. The summed E-state index contributed by atoms with van der Waals surface area (Å²) < 4.78 is 113. The fourth-order valence-electron chi connectivity index (χ4n) is 11.7. The predicted molar refractivity (Wildman–Crippen MR) is 301 cm³/mol. The van der Waals surface area contributed by atoms with Gasteiger partial charge in [-0.15, -0.1) is 10.2 Å². The summed E-state index contributed by atoms with van der Waals surface area (Å²) in [5.74, 6) is 5.32. The Morgan fingerprint density at radius 3 is 1.32 bits per heavy atom. The first-order valence-electron chi connectivity index (χ1n) is 27.2. The van der Waals surface area contributed by atoms with Crippen LogP contribution in [0.25, 0.3) is 55.4 Å². The largest absolute Gasteiger partial charge is 0.493 e. The average Bonchev–Trinajstić information content (AvgIpc) is 3.44. The Morgan fingerprint density at radius 2 is 0.917 bits per heavy atom. The molecule has 0 bridgehead atoms. The van der Waals surface area contributed by atoms with E-state index in [4.69, 9.17) is 37.9 Å². The Hall–Kier alpha value is -9.36. The van der Waals surface area contributed by atoms with Crippen LogP contribution < -0.4 is 47.0 Å². The molecule has 24 heteroatoms. The van der Waals surface area contributed by atoms with Crippen LogP contribution in [0.1, 0.15) is 22.5 Å². The van der Waals surface area contributed by atoms with Crippen molar-refractivity contribution in [3.63, 3.8) is 0 Å². The highest BCUT2D eigenvalue weighted by molar-refractivity contribution is 7.89. The van der Waals surface area contributed by atoms with Gasteiger partial charge in [-0.3, -0.25) is 0 Å². The summed E-state index contributed by atoms with van der Waals surface area (Å²) >= 11 is 0. The molecule has 9 heterocycles. The molecule has 5 aliphatic rings. The van der Waals surface area contributed by atoms with Gasteiger partial charge in [-0.25, -0.2) is 26.2 Å².